The van der Waals surface area contributed by atoms with Gasteiger partial charge in [0.15, 0.2) is 17.3 Å². The van der Waals surface area contributed by atoms with E-state index < -0.39 is 46.3 Å². The van der Waals surface area contributed by atoms with Crippen LogP contribution in [-0.4, -0.2) is 81.3 Å². The van der Waals surface area contributed by atoms with Gasteiger partial charge in [-0.2, -0.15) is 28.2 Å². The van der Waals surface area contributed by atoms with E-state index in [9.17, 15) is 18.0 Å². The van der Waals surface area contributed by atoms with Crippen molar-refractivity contribution in [2.24, 2.45) is 0 Å². The van der Waals surface area contributed by atoms with Gasteiger partial charge in [-0.15, -0.1) is 5.92 Å². The minimum atomic E-state index is -5.20. The van der Waals surface area contributed by atoms with Crippen LogP contribution in [0.4, 0.5) is 33.5 Å². The lowest BCUT2D eigenvalue weighted by Gasteiger charge is -2.33. The largest absolute Gasteiger partial charge is 0.461 e. The second-order valence-electron chi connectivity index (χ2n) is 14.1. The minimum Gasteiger partial charge on any atom is -0.461 e. The summed E-state index contributed by atoms with van der Waals surface area (Å²) < 4.78 is 88.6. The summed E-state index contributed by atoms with van der Waals surface area (Å²) >= 11 is 6.75. The Hall–Kier alpha value is -4.46. The number of ether oxygens (including phenoxy) is 2. The van der Waals surface area contributed by atoms with E-state index in [0.717, 1.165) is 37.9 Å². The second kappa shape index (κ2) is 13.7. The molecule has 17 heteroatoms. The van der Waals surface area contributed by atoms with E-state index in [-0.39, 0.29) is 60.0 Å². The summed E-state index contributed by atoms with van der Waals surface area (Å²) in [4.78, 5) is 28.0. The maximum atomic E-state index is 15.7. The molecule has 2 N–H and O–H groups in total. The number of aromatic nitrogens is 4. The first-order valence-electron chi connectivity index (χ1n) is 17.2. The average molecular weight is 761 g/mol. The summed E-state index contributed by atoms with van der Waals surface area (Å²) in [5, 5.41) is 4.68. The molecule has 4 aliphatic heterocycles. The van der Waals surface area contributed by atoms with Gasteiger partial charge in [0.05, 0.1) is 52.3 Å². The molecule has 0 bridgehead atoms. The number of benzene rings is 1. The number of carbonyl (C=O) groups is 1. The highest BCUT2D eigenvalue weighted by Crippen LogP contribution is 2.46. The number of hydrogen-bond donors (Lipinski definition) is 1. The van der Waals surface area contributed by atoms with Gasteiger partial charge < -0.3 is 25.0 Å². The summed E-state index contributed by atoms with van der Waals surface area (Å²) in [6.07, 6.45) is -3.89. The molecule has 4 aliphatic rings. The lowest BCUT2D eigenvalue weighted by atomic mass is 9.90. The van der Waals surface area contributed by atoms with Gasteiger partial charge in [0.1, 0.15) is 18.1 Å². The summed E-state index contributed by atoms with van der Waals surface area (Å²) in [7, 11) is 3.20. The monoisotopic (exact) mass is 760 g/mol. The van der Waals surface area contributed by atoms with Crippen molar-refractivity contribution in [1.82, 2.24) is 29.5 Å². The van der Waals surface area contributed by atoms with Crippen LogP contribution in [0.5, 0.6) is 6.01 Å². The van der Waals surface area contributed by atoms with Crippen LogP contribution in [0.25, 0.3) is 0 Å². The first kappa shape index (κ1) is 36.9. The van der Waals surface area contributed by atoms with Crippen molar-refractivity contribution in [3.63, 3.8) is 0 Å². The van der Waals surface area contributed by atoms with Gasteiger partial charge in [0.2, 0.25) is 0 Å². The fourth-order valence-electron chi connectivity index (χ4n) is 7.97. The highest BCUT2D eigenvalue weighted by Gasteiger charge is 2.47. The van der Waals surface area contributed by atoms with Gasteiger partial charge in [0, 0.05) is 51.3 Å². The molecule has 7 rings (SSSR count). The summed E-state index contributed by atoms with van der Waals surface area (Å²) in [5.41, 5.74) is 3.22. The van der Waals surface area contributed by atoms with E-state index in [1.165, 1.54) is 11.8 Å². The Balaban J connectivity index is 1.31. The number of halogens is 6. The van der Waals surface area contributed by atoms with Crippen LogP contribution in [0.2, 0.25) is 5.02 Å². The van der Waals surface area contributed by atoms with Crippen LogP contribution in [0.15, 0.2) is 12.2 Å². The molecule has 1 aromatic carbocycles. The van der Waals surface area contributed by atoms with Crippen molar-refractivity contribution in [3.8, 4) is 17.9 Å². The SMILES string of the molecule is C=C1CN2CCC[C@@]2(COc2nc3c(c(N4CCCn5nc(C(=O)N(C)C)c(Cl)c5C4)n2)CO[C@@H](c2c(F)c(N)c(F)c(C#CC)c2C(F)(F)F)C3)C1. The van der Waals surface area contributed by atoms with Crippen LogP contribution in [0, 0.1) is 23.5 Å². The molecule has 1 amide bonds. The van der Waals surface area contributed by atoms with E-state index in [2.05, 4.69) is 33.4 Å². The average Bonchev–Trinajstić information content (AvgIpc) is 3.68. The Bertz CT molecular complexity index is 2080. The number of rotatable bonds is 6. The zero-order valence-corrected chi connectivity index (χ0v) is 30.2. The van der Waals surface area contributed by atoms with Crippen molar-refractivity contribution in [3.05, 3.63) is 68.1 Å². The molecule has 0 saturated carbocycles. The van der Waals surface area contributed by atoms with Crippen LogP contribution < -0.4 is 15.4 Å². The van der Waals surface area contributed by atoms with Crippen LogP contribution in [0.3, 0.4) is 0 Å². The fourth-order valence-corrected chi connectivity index (χ4v) is 8.24. The summed E-state index contributed by atoms with van der Waals surface area (Å²) in [6, 6.07) is -0.0156. The standard InChI is InChI=1S/C36H38ClF5N8O3/c1-5-8-20-26(36(40,41)42)25(29(39)30(43)28(20)38)24-13-22-21(17-52-24)32(45-34(44-22)53-18-35-9-6-11-49(35)15-19(2)14-35)48-10-7-12-50-23(16-48)27(37)31(46-50)33(51)47(3)4/h24H,2,6-7,9-18,43H2,1,3-4H3/t24-,35+/m1/s1. The molecule has 6 heterocycles. The number of nitrogen functional groups attached to an aromatic ring is 1. The van der Waals surface area contributed by atoms with E-state index >= 15 is 8.78 Å². The summed E-state index contributed by atoms with van der Waals surface area (Å²) in [6.45, 7) is 8.11. The van der Waals surface area contributed by atoms with Gasteiger partial charge in [0.25, 0.3) is 5.91 Å². The topological polar surface area (TPSA) is 115 Å². The quantitative estimate of drug-likeness (QED) is 0.147. The maximum absolute atomic E-state index is 15.7. The van der Waals surface area contributed by atoms with E-state index in [1.54, 1.807) is 18.8 Å². The molecule has 0 unspecified atom stereocenters. The Morgan fingerprint density at radius 3 is 2.66 bits per heavy atom. The highest BCUT2D eigenvalue weighted by atomic mass is 35.5. The fraction of sp³-hybridized carbons (Fsp3) is 0.500. The van der Waals surface area contributed by atoms with Crippen LogP contribution in [-0.2, 0) is 37.0 Å². The molecule has 2 saturated heterocycles. The van der Waals surface area contributed by atoms with Crippen molar-refractivity contribution in [2.75, 3.05) is 51.0 Å². The van der Waals surface area contributed by atoms with Crippen molar-refractivity contribution in [2.45, 2.75) is 76.5 Å². The Morgan fingerprint density at radius 1 is 1.17 bits per heavy atom. The smallest absolute Gasteiger partial charge is 0.418 e. The molecular weight excluding hydrogens is 723 g/mol. The molecule has 282 valence electrons. The molecule has 2 fully saturated rings. The molecule has 2 atom stereocenters. The molecule has 11 nitrogen and oxygen atoms in total. The van der Waals surface area contributed by atoms with E-state index in [0.29, 0.717) is 36.6 Å². The third-order valence-electron chi connectivity index (χ3n) is 10.4. The van der Waals surface area contributed by atoms with Crippen molar-refractivity contribution < 1.29 is 36.2 Å². The van der Waals surface area contributed by atoms with Gasteiger partial charge in [-0.25, -0.2) is 8.78 Å². The first-order chi connectivity index (χ1) is 25.1. The van der Waals surface area contributed by atoms with E-state index in [1.807, 2.05) is 4.90 Å². The number of alkyl halides is 3. The molecule has 2 aromatic heterocycles. The molecular formula is C36H38ClF5N8O3. The number of amides is 1. The molecule has 53 heavy (non-hydrogen) atoms. The van der Waals surface area contributed by atoms with Crippen LogP contribution >= 0.6 is 11.6 Å². The maximum Gasteiger partial charge on any atom is 0.418 e. The first-order valence-corrected chi connectivity index (χ1v) is 17.6. The van der Waals surface area contributed by atoms with Gasteiger partial charge >= 0.3 is 12.2 Å². The predicted octanol–water partition coefficient (Wildman–Crippen LogP) is 5.68. The third kappa shape index (κ3) is 6.46. The number of nitrogens with two attached hydrogens (primary N) is 1. The number of nitrogens with zero attached hydrogens (tertiary/aromatic N) is 7. The van der Waals surface area contributed by atoms with Gasteiger partial charge in [-0.3, -0.25) is 14.4 Å². The molecule has 3 aromatic rings. The lowest BCUT2D eigenvalue weighted by Crippen LogP contribution is -2.43. The Labute approximate surface area is 307 Å². The number of anilines is 2. The van der Waals surface area contributed by atoms with Crippen molar-refractivity contribution >= 4 is 29.0 Å². The number of aryl methyl sites for hydroxylation is 1. The van der Waals surface area contributed by atoms with Gasteiger partial charge in [-0.1, -0.05) is 29.7 Å². The van der Waals surface area contributed by atoms with Crippen molar-refractivity contribution in [1.29, 1.82) is 0 Å². The normalized spacial score (nSPS) is 21.4. The van der Waals surface area contributed by atoms with Crippen LogP contribution in [0.1, 0.15) is 82.8 Å². The lowest BCUT2D eigenvalue weighted by molar-refractivity contribution is -0.140. The zero-order valence-electron chi connectivity index (χ0n) is 29.5. The highest BCUT2D eigenvalue weighted by molar-refractivity contribution is 6.34. The number of fused-ring (bicyclic) bond motifs is 3. The Morgan fingerprint density at radius 2 is 1.94 bits per heavy atom. The van der Waals surface area contributed by atoms with Gasteiger partial charge in [-0.05, 0) is 39.2 Å². The third-order valence-corrected chi connectivity index (χ3v) is 10.8. The number of carbonyl (C=O) groups excluding carboxylic acids is 1. The van der Waals surface area contributed by atoms with E-state index in [4.69, 9.17) is 31.8 Å². The predicted molar refractivity (Wildman–Crippen MR) is 185 cm³/mol. The molecule has 0 radical (unpaired) electrons. The Kier molecular flexibility index (Phi) is 9.57. The minimum absolute atomic E-state index is 0.0156. The molecule has 0 spiro atoms. The second-order valence-corrected chi connectivity index (χ2v) is 14.5. The zero-order chi connectivity index (χ0) is 38.0. The summed E-state index contributed by atoms with van der Waals surface area (Å²) in [5.74, 6) is 1.26. The molecule has 0 aliphatic carbocycles. The number of hydrogen-bond acceptors (Lipinski definition) is 9.